The molecule has 0 aliphatic carbocycles. The van der Waals surface area contributed by atoms with Gasteiger partial charge in [0.2, 0.25) is 0 Å². The molecule has 3 rings (SSSR count). The van der Waals surface area contributed by atoms with E-state index in [1.165, 1.54) is 25.1 Å². The van der Waals surface area contributed by atoms with Crippen LogP contribution >= 0.6 is 39.3 Å². The Hall–Kier alpha value is -2.42. The molecule has 0 atom stereocenters. The summed E-state index contributed by atoms with van der Waals surface area (Å²) < 4.78 is 11.7. The lowest BCUT2D eigenvalue weighted by molar-refractivity contribution is 0.252. The van der Waals surface area contributed by atoms with Gasteiger partial charge in [-0.05, 0) is 52.3 Å². The van der Waals surface area contributed by atoms with Crippen LogP contribution in [0.1, 0.15) is 5.76 Å². The summed E-state index contributed by atoms with van der Waals surface area (Å²) in [5, 5.41) is 7.90. The number of anilines is 1. The molecule has 28 heavy (non-hydrogen) atoms. The van der Waals surface area contributed by atoms with E-state index in [0.29, 0.717) is 27.3 Å². The standard InChI is InChI=1S/C19H15BrClN3O3S/c1-26-17-5-3-2-4-16(17)23-19(25)24-22-11-13-10-15(20)18(27-13)28-14-8-6-12(21)7-9-14/h2-11H,1H3,(H2,23,24,25)/b22-11+. The third kappa shape index (κ3) is 5.54. The zero-order valence-corrected chi connectivity index (χ0v) is 17.8. The van der Waals surface area contributed by atoms with Crippen LogP contribution in [0.4, 0.5) is 10.5 Å². The first kappa shape index (κ1) is 20.3. The molecule has 0 aliphatic heterocycles. The number of para-hydroxylation sites is 2. The zero-order chi connectivity index (χ0) is 19.9. The Morgan fingerprint density at radius 3 is 2.75 bits per heavy atom. The number of rotatable bonds is 6. The average Bonchev–Trinajstić information content (AvgIpc) is 3.03. The molecule has 6 nitrogen and oxygen atoms in total. The van der Waals surface area contributed by atoms with E-state index in [1.54, 1.807) is 24.3 Å². The summed E-state index contributed by atoms with van der Waals surface area (Å²) in [6.07, 6.45) is 1.42. The van der Waals surface area contributed by atoms with E-state index < -0.39 is 6.03 Å². The predicted molar refractivity (Wildman–Crippen MR) is 115 cm³/mol. The number of urea groups is 1. The highest BCUT2D eigenvalue weighted by Gasteiger charge is 2.10. The summed E-state index contributed by atoms with van der Waals surface area (Å²) in [6.45, 7) is 0. The molecular formula is C19H15BrClN3O3S. The van der Waals surface area contributed by atoms with Gasteiger partial charge in [-0.3, -0.25) is 0 Å². The molecule has 0 spiro atoms. The largest absolute Gasteiger partial charge is 0.495 e. The molecular weight excluding hydrogens is 466 g/mol. The van der Waals surface area contributed by atoms with Crippen molar-refractivity contribution in [2.75, 3.05) is 12.4 Å². The number of carbonyl (C=O) groups is 1. The summed E-state index contributed by atoms with van der Waals surface area (Å²) in [4.78, 5) is 12.9. The molecule has 144 valence electrons. The van der Waals surface area contributed by atoms with Gasteiger partial charge >= 0.3 is 6.03 Å². The predicted octanol–water partition coefficient (Wildman–Crippen LogP) is 6.01. The maximum Gasteiger partial charge on any atom is 0.339 e. The highest BCUT2D eigenvalue weighted by Crippen LogP contribution is 2.35. The average molecular weight is 481 g/mol. The lowest BCUT2D eigenvalue weighted by Gasteiger charge is -2.08. The first-order valence-electron chi connectivity index (χ1n) is 8.01. The monoisotopic (exact) mass is 479 g/mol. The summed E-state index contributed by atoms with van der Waals surface area (Å²) >= 11 is 10.8. The van der Waals surface area contributed by atoms with E-state index in [2.05, 4.69) is 31.8 Å². The van der Waals surface area contributed by atoms with Crippen molar-refractivity contribution in [3.63, 3.8) is 0 Å². The van der Waals surface area contributed by atoms with Crippen LogP contribution in [0.15, 0.2) is 78.6 Å². The highest BCUT2D eigenvalue weighted by atomic mass is 79.9. The van der Waals surface area contributed by atoms with Crippen molar-refractivity contribution in [3.05, 3.63) is 69.9 Å². The highest BCUT2D eigenvalue weighted by molar-refractivity contribution is 9.10. The number of hydrogen-bond acceptors (Lipinski definition) is 5. The lowest BCUT2D eigenvalue weighted by atomic mass is 10.3. The van der Waals surface area contributed by atoms with Crippen molar-refractivity contribution in [2.24, 2.45) is 5.10 Å². The Bertz CT molecular complexity index is 992. The van der Waals surface area contributed by atoms with Crippen molar-refractivity contribution in [1.82, 2.24) is 5.43 Å². The topological polar surface area (TPSA) is 75.9 Å². The summed E-state index contributed by atoms with van der Waals surface area (Å²) in [6, 6.07) is 15.8. The number of carbonyl (C=O) groups excluding carboxylic acids is 1. The number of furan rings is 1. The number of nitrogens with one attached hydrogen (secondary N) is 2. The molecule has 2 N–H and O–H groups in total. The maximum absolute atomic E-state index is 12.0. The Kier molecular flexibility index (Phi) is 7.02. The smallest absolute Gasteiger partial charge is 0.339 e. The number of hydrazone groups is 1. The van der Waals surface area contributed by atoms with Crippen LogP contribution < -0.4 is 15.5 Å². The van der Waals surface area contributed by atoms with Crippen molar-refractivity contribution >= 4 is 57.2 Å². The van der Waals surface area contributed by atoms with E-state index in [0.717, 1.165) is 9.37 Å². The van der Waals surface area contributed by atoms with Gasteiger partial charge in [-0.2, -0.15) is 5.10 Å². The summed E-state index contributed by atoms with van der Waals surface area (Å²) in [5.41, 5.74) is 2.92. The summed E-state index contributed by atoms with van der Waals surface area (Å²) in [7, 11) is 1.53. The second-order valence-electron chi connectivity index (χ2n) is 5.36. The van der Waals surface area contributed by atoms with E-state index >= 15 is 0 Å². The molecule has 0 aliphatic rings. The molecule has 1 aromatic heterocycles. The van der Waals surface area contributed by atoms with Crippen LogP contribution in [0.2, 0.25) is 5.02 Å². The van der Waals surface area contributed by atoms with Crippen LogP contribution in [-0.2, 0) is 0 Å². The molecule has 1 heterocycles. The van der Waals surface area contributed by atoms with Crippen LogP contribution in [0, 0.1) is 0 Å². The Morgan fingerprint density at radius 1 is 1.25 bits per heavy atom. The van der Waals surface area contributed by atoms with Gasteiger partial charge in [0.05, 0.1) is 23.5 Å². The van der Waals surface area contributed by atoms with Gasteiger partial charge in [-0.15, -0.1) is 0 Å². The minimum Gasteiger partial charge on any atom is -0.495 e. The van der Waals surface area contributed by atoms with Crippen LogP contribution in [-0.4, -0.2) is 19.4 Å². The summed E-state index contributed by atoms with van der Waals surface area (Å²) in [5.74, 6) is 1.04. The van der Waals surface area contributed by atoms with Gasteiger partial charge < -0.3 is 14.5 Å². The minimum atomic E-state index is -0.498. The SMILES string of the molecule is COc1ccccc1NC(=O)N/N=C/c1cc(Br)c(Sc2ccc(Cl)cc2)o1. The molecule has 9 heteroatoms. The molecule has 0 saturated heterocycles. The third-order valence-electron chi connectivity index (χ3n) is 3.41. The second kappa shape index (κ2) is 9.68. The van der Waals surface area contributed by atoms with E-state index in [-0.39, 0.29) is 0 Å². The molecule has 0 radical (unpaired) electrons. The molecule has 2 aromatic carbocycles. The Morgan fingerprint density at radius 2 is 2.00 bits per heavy atom. The molecule has 2 amide bonds. The normalized spacial score (nSPS) is 10.8. The Labute approximate surface area is 179 Å². The number of amides is 2. The third-order valence-corrected chi connectivity index (χ3v) is 5.51. The van der Waals surface area contributed by atoms with Gasteiger partial charge in [0, 0.05) is 16.0 Å². The molecule has 0 bridgehead atoms. The van der Waals surface area contributed by atoms with E-state index in [9.17, 15) is 4.79 Å². The van der Waals surface area contributed by atoms with Gasteiger partial charge in [0.1, 0.15) is 11.5 Å². The number of ether oxygens (including phenoxy) is 1. The van der Waals surface area contributed by atoms with Crippen molar-refractivity contribution < 1.29 is 13.9 Å². The number of benzene rings is 2. The number of methoxy groups -OCH3 is 1. The van der Waals surface area contributed by atoms with E-state index in [1.807, 2.05) is 30.3 Å². The van der Waals surface area contributed by atoms with E-state index in [4.69, 9.17) is 20.8 Å². The number of nitrogens with zero attached hydrogens (tertiary/aromatic N) is 1. The molecule has 3 aromatic rings. The van der Waals surface area contributed by atoms with Gasteiger partial charge in [0.15, 0.2) is 5.09 Å². The van der Waals surface area contributed by atoms with Crippen molar-refractivity contribution in [1.29, 1.82) is 0 Å². The maximum atomic E-state index is 12.0. The van der Waals surface area contributed by atoms with Gasteiger partial charge in [-0.1, -0.05) is 35.5 Å². The van der Waals surface area contributed by atoms with Gasteiger partial charge in [0.25, 0.3) is 0 Å². The van der Waals surface area contributed by atoms with Gasteiger partial charge in [-0.25, -0.2) is 10.2 Å². The Balaban J connectivity index is 1.58. The zero-order valence-electron chi connectivity index (χ0n) is 14.6. The van der Waals surface area contributed by atoms with Crippen molar-refractivity contribution in [3.8, 4) is 5.75 Å². The lowest BCUT2D eigenvalue weighted by Crippen LogP contribution is -2.24. The minimum absolute atomic E-state index is 0.487. The quantitative estimate of drug-likeness (QED) is 0.334. The van der Waals surface area contributed by atoms with Crippen LogP contribution in [0.5, 0.6) is 5.75 Å². The number of halogens is 2. The van der Waals surface area contributed by atoms with Crippen LogP contribution in [0.3, 0.4) is 0 Å². The fraction of sp³-hybridized carbons (Fsp3) is 0.0526. The molecule has 0 saturated carbocycles. The molecule has 0 fully saturated rings. The van der Waals surface area contributed by atoms with Crippen molar-refractivity contribution in [2.45, 2.75) is 9.99 Å². The fourth-order valence-corrected chi connectivity index (χ4v) is 3.62. The van der Waals surface area contributed by atoms with Crippen LogP contribution in [0.25, 0.3) is 0 Å². The second-order valence-corrected chi connectivity index (χ2v) is 7.70. The first-order chi connectivity index (χ1) is 13.5. The number of hydrogen-bond donors (Lipinski definition) is 2. The fourth-order valence-electron chi connectivity index (χ4n) is 2.16. The molecule has 0 unspecified atom stereocenters. The first-order valence-corrected chi connectivity index (χ1v) is 9.99.